The van der Waals surface area contributed by atoms with E-state index >= 15 is 0 Å². The molecule has 98 valence electrons. The summed E-state index contributed by atoms with van der Waals surface area (Å²) in [5.41, 5.74) is 2.31. The molecule has 0 aliphatic heterocycles. The van der Waals surface area contributed by atoms with Crippen molar-refractivity contribution < 1.29 is 4.42 Å². The number of nitrogens with zero attached hydrogens (tertiary/aromatic N) is 2. The summed E-state index contributed by atoms with van der Waals surface area (Å²) in [5.74, 6) is 0.978. The first kappa shape index (κ1) is 13.1. The number of nitrogens with one attached hydrogen (secondary N) is 1. The maximum absolute atomic E-state index is 5.31. The highest BCUT2D eigenvalue weighted by molar-refractivity contribution is 7.13. The second kappa shape index (κ2) is 6.02. The molecule has 0 saturated carbocycles. The topological polar surface area (TPSA) is 41.3 Å². The lowest BCUT2D eigenvalue weighted by Gasteiger charge is -2.14. The molecule has 2 aromatic heterocycles. The summed E-state index contributed by atoms with van der Waals surface area (Å²) >= 11 is 1.68. The van der Waals surface area contributed by atoms with Crippen LogP contribution in [0.25, 0.3) is 0 Å². The summed E-state index contributed by atoms with van der Waals surface area (Å²) < 4.78 is 5.31. The minimum absolute atomic E-state index is 0.830. The SMILES string of the molecule is CCNCc1csc(N(C)Cc2ccoc2C)n1. The molecule has 2 heterocycles. The molecule has 18 heavy (non-hydrogen) atoms. The van der Waals surface area contributed by atoms with Crippen LogP contribution in [0.4, 0.5) is 5.13 Å². The number of rotatable bonds is 6. The van der Waals surface area contributed by atoms with Crippen molar-refractivity contribution in [1.82, 2.24) is 10.3 Å². The largest absolute Gasteiger partial charge is 0.469 e. The van der Waals surface area contributed by atoms with Gasteiger partial charge in [-0.3, -0.25) is 0 Å². The van der Waals surface area contributed by atoms with Gasteiger partial charge in [-0.15, -0.1) is 11.3 Å². The van der Waals surface area contributed by atoms with Gasteiger partial charge in [0.05, 0.1) is 12.0 Å². The second-order valence-corrected chi connectivity index (χ2v) is 5.10. The van der Waals surface area contributed by atoms with Gasteiger partial charge in [0.2, 0.25) is 0 Å². The van der Waals surface area contributed by atoms with Gasteiger partial charge in [0.25, 0.3) is 0 Å². The van der Waals surface area contributed by atoms with Crippen molar-refractivity contribution >= 4 is 16.5 Å². The number of thiazole rings is 1. The first-order valence-electron chi connectivity index (χ1n) is 6.10. The van der Waals surface area contributed by atoms with E-state index in [0.717, 1.165) is 36.2 Å². The molecular formula is C13H19N3OS. The molecule has 0 amide bonds. The van der Waals surface area contributed by atoms with Crippen LogP contribution >= 0.6 is 11.3 Å². The average Bonchev–Trinajstić information content (AvgIpc) is 2.97. The molecule has 0 unspecified atom stereocenters. The molecule has 0 aromatic carbocycles. The maximum atomic E-state index is 5.31. The van der Waals surface area contributed by atoms with Crippen LogP contribution in [0.2, 0.25) is 0 Å². The number of anilines is 1. The molecule has 0 aliphatic carbocycles. The zero-order valence-electron chi connectivity index (χ0n) is 11.1. The van der Waals surface area contributed by atoms with Gasteiger partial charge in [0.15, 0.2) is 5.13 Å². The third kappa shape index (κ3) is 3.11. The molecule has 2 aromatic rings. The fourth-order valence-corrected chi connectivity index (χ4v) is 2.50. The van der Waals surface area contributed by atoms with Gasteiger partial charge < -0.3 is 14.6 Å². The van der Waals surface area contributed by atoms with Gasteiger partial charge in [-0.05, 0) is 19.5 Å². The second-order valence-electron chi connectivity index (χ2n) is 4.26. The quantitative estimate of drug-likeness (QED) is 0.872. The Labute approximate surface area is 112 Å². The third-order valence-corrected chi connectivity index (χ3v) is 3.80. The van der Waals surface area contributed by atoms with E-state index in [4.69, 9.17) is 4.42 Å². The van der Waals surface area contributed by atoms with Crippen molar-refractivity contribution in [3.8, 4) is 0 Å². The highest BCUT2D eigenvalue weighted by atomic mass is 32.1. The van der Waals surface area contributed by atoms with Gasteiger partial charge in [-0.1, -0.05) is 6.92 Å². The van der Waals surface area contributed by atoms with Gasteiger partial charge in [0, 0.05) is 31.1 Å². The number of furan rings is 1. The van der Waals surface area contributed by atoms with Gasteiger partial charge in [-0.2, -0.15) is 0 Å². The Morgan fingerprint density at radius 1 is 1.50 bits per heavy atom. The molecular weight excluding hydrogens is 246 g/mol. The van der Waals surface area contributed by atoms with Crippen LogP contribution in [-0.2, 0) is 13.1 Å². The fourth-order valence-electron chi connectivity index (χ4n) is 1.70. The molecule has 2 rings (SSSR count). The Bertz CT molecular complexity index is 492. The van der Waals surface area contributed by atoms with Gasteiger partial charge in [0.1, 0.15) is 5.76 Å². The van der Waals surface area contributed by atoms with Crippen LogP contribution in [0.1, 0.15) is 23.9 Å². The van der Waals surface area contributed by atoms with Gasteiger partial charge >= 0.3 is 0 Å². The Morgan fingerprint density at radius 2 is 2.33 bits per heavy atom. The van der Waals surface area contributed by atoms with Crippen molar-refractivity contribution in [1.29, 1.82) is 0 Å². The third-order valence-electron chi connectivity index (χ3n) is 2.80. The minimum atomic E-state index is 0.830. The molecule has 1 N–H and O–H groups in total. The van der Waals surface area contributed by atoms with Crippen LogP contribution in [0.3, 0.4) is 0 Å². The summed E-state index contributed by atoms with van der Waals surface area (Å²) in [5, 5.41) is 6.43. The van der Waals surface area contributed by atoms with E-state index in [9.17, 15) is 0 Å². The lowest BCUT2D eigenvalue weighted by Crippen LogP contribution is -2.17. The number of aryl methyl sites for hydroxylation is 1. The molecule has 0 atom stereocenters. The van der Waals surface area contributed by atoms with E-state index in [0.29, 0.717) is 0 Å². The summed E-state index contributed by atoms with van der Waals surface area (Å²) in [7, 11) is 2.06. The Kier molecular flexibility index (Phi) is 4.38. The smallest absolute Gasteiger partial charge is 0.185 e. The van der Waals surface area contributed by atoms with Crippen LogP contribution in [0.5, 0.6) is 0 Å². The molecule has 0 fully saturated rings. The van der Waals surface area contributed by atoms with E-state index in [1.165, 1.54) is 5.56 Å². The molecule has 5 heteroatoms. The van der Waals surface area contributed by atoms with E-state index in [1.54, 1.807) is 17.6 Å². The first-order chi connectivity index (χ1) is 8.70. The molecule has 4 nitrogen and oxygen atoms in total. The van der Waals surface area contributed by atoms with Crippen molar-refractivity contribution in [2.75, 3.05) is 18.5 Å². The lowest BCUT2D eigenvalue weighted by atomic mass is 10.2. The maximum Gasteiger partial charge on any atom is 0.185 e. The van der Waals surface area contributed by atoms with Crippen molar-refractivity contribution in [3.05, 3.63) is 34.7 Å². The Balaban J connectivity index is 1.98. The van der Waals surface area contributed by atoms with E-state index in [1.807, 2.05) is 13.0 Å². The predicted octanol–water partition coefficient (Wildman–Crippen LogP) is 2.79. The zero-order chi connectivity index (χ0) is 13.0. The van der Waals surface area contributed by atoms with E-state index in [2.05, 4.69) is 34.6 Å². The molecule has 0 spiro atoms. The molecule has 0 radical (unpaired) electrons. The van der Waals surface area contributed by atoms with Crippen molar-refractivity contribution in [2.24, 2.45) is 0 Å². The normalized spacial score (nSPS) is 10.8. The highest BCUT2D eigenvalue weighted by Crippen LogP contribution is 2.22. The summed E-state index contributed by atoms with van der Waals surface area (Å²) in [6.07, 6.45) is 1.73. The van der Waals surface area contributed by atoms with Crippen LogP contribution in [-0.4, -0.2) is 18.6 Å². The summed E-state index contributed by atoms with van der Waals surface area (Å²) in [4.78, 5) is 6.76. The number of hydrogen-bond acceptors (Lipinski definition) is 5. The summed E-state index contributed by atoms with van der Waals surface area (Å²) in [6.45, 7) is 6.72. The van der Waals surface area contributed by atoms with Gasteiger partial charge in [-0.25, -0.2) is 4.98 Å². The predicted molar refractivity (Wildman–Crippen MR) is 75.0 cm³/mol. The Morgan fingerprint density at radius 3 is 3.00 bits per heavy atom. The zero-order valence-corrected chi connectivity index (χ0v) is 11.9. The van der Waals surface area contributed by atoms with Crippen LogP contribution < -0.4 is 10.2 Å². The highest BCUT2D eigenvalue weighted by Gasteiger charge is 2.10. The van der Waals surface area contributed by atoms with Crippen molar-refractivity contribution in [2.45, 2.75) is 26.9 Å². The molecule has 0 bridgehead atoms. The van der Waals surface area contributed by atoms with Crippen molar-refractivity contribution in [3.63, 3.8) is 0 Å². The standard InChI is InChI=1S/C13H19N3OS/c1-4-14-7-12-9-18-13(15-12)16(3)8-11-5-6-17-10(11)2/h5-6,9,14H,4,7-8H2,1-3H3. The molecule has 0 aliphatic rings. The Hall–Kier alpha value is -1.33. The number of hydrogen-bond donors (Lipinski definition) is 1. The molecule has 0 saturated heterocycles. The van der Waals surface area contributed by atoms with Crippen LogP contribution in [0.15, 0.2) is 22.1 Å². The summed E-state index contributed by atoms with van der Waals surface area (Å²) in [6, 6.07) is 2.01. The fraction of sp³-hybridized carbons (Fsp3) is 0.462. The van der Waals surface area contributed by atoms with Crippen LogP contribution in [0, 0.1) is 6.92 Å². The van der Waals surface area contributed by atoms with E-state index < -0.39 is 0 Å². The number of aromatic nitrogens is 1. The van der Waals surface area contributed by atoms with E-state index in [-0.39, 0.29) is 0 Å². The monoisotopic (exact) mass is 265 g/mol. The first-order valence-corrected chi connectivity index (χ1v) is 6.98. The minimum Gasteiger partial charge on any atom is -0.469 e. The average molecular weight is 265 g/mol. The lowest BCUT2D eigenvalue weighted by molar-refractivity contribution is 0.529.